The monoisotopic (exact) mass is 392 g/mol. The van der Waals surface area contributed by atoms with Gasteiger partial charge in [-0.2, -0.15) is 5.26 Å². The maximum Gasteiger partial charge on any atom is 0.349 e. The molecule has 6 nitrogen and oxygen atoms in total. The van der Waals surface area contributed by atoms with Gasteiger partial charge < -0.3 is 14.8 Å². The van der Waals surface area contributed by atoms with E-state index in [1.165, 1.54) is 6.08 Å². The van der Waals surface area contributed by atoms with E-state index in [-0.39, 0.29) is 5.57 Å². The summed E-state index contributed by atoms with van der Waals surface area (Å²) >= 11 is 0. The minimum atomic E-state index is -0.853. The molecule has 1 N–H and O–H groups in total. The first-order valence-electron chi connectivity index (χ1n) is 9.23. The van der Waals surface area contributed by atoms with Crippen molar-refractivity contribution in [1.82, 2.24) is 0 Å². The second-order valence-electron chi connectivity index (χ2n) is 6.57. The molecule has 0 fully saturated rings. The van der Waals surface area contributed by atoms with Crippen LogP contribution >= 0.6 is 0 Å². The molecule has 2 rings (SSSR count). The van der Waals surface area contributed by atoms with Gasteiger partial charge in [0.15, 0.2) is 6.61 Å². The number of hydrogen-bond acceptors (Lipinski definition) is 5. The number of aryl methyl sites for hydroxylation is 3. The van der Waals surface area contributed by atoms with Crippen molar-refractivity contribution in [1.29, 1.82) is 5.26 Å². The van der Waals surface area contributed by atoms with Gasteiger partial charge in [-0.3, -0.25) is 4.79 Å². The average Bonchev–Trinajstić information content (AvgIpc) is 2.68. The first-order chi connectivity index (χ1) is 13.8. The van der Waals surface area contributed by atoms with Crippen molar-refractivity contribution in [2.45, 2.75) is 27.7 Å². The number of nitriles is 1. The Morgan fingerprint density at radius 3 is 2.28 bits per heavy atom. The van der Waals surface area contributed by atoms with Crippen LogP contribution in [0.4, 0.5) is 5.69 Å². The molecule has 2 aromatic carbocycles. The molecule has 0 saturated heterocycles. The van der Waals surface area contributed by atoms with Crippen molar-refractivity contribution in [3.63, 3.8) is 0 Å². The fourth-order valence-electron chi connectivity index (χ4n) is 2.89. The summed E-state index contributed by atoms with van der Waals surface area (Å²) in [7, 11) is 0. The molecule has 0 bridgehead atoms. The zero-order valence-electron chi connectivity index (χ0n) is 17.0. The maximum atomic E-state index is 12.2. The van der Waals surface area contributed by atoms with E-state index >= 15 is 0 Å². The van der Waals surface area contributed by atoms with Crippen LogP contribution in [0.5, 0.6) is 5.75 Å². The molecule has 0 radical (unpaired) electrons. The van der Waals surface area contributed by atoms with E-state index < -0.39 is 18.5 Å². The predicted molar refractivity (Wildman–Crippen MR) is 111 cm³/mol. The lowest BCUT2D eigenvalue weighted by Gasteiger charge is -2.13. The number of ether oxygens (including phenoxy) is 2. The second-order valence-corrected chi connectivity index (χ2v) is 6.57. The van der Waals surface area contributed by atoms with Crippen LogP contribution in [0.3, 0.4) is 0 Å². The van der Waals surface area contributed by atoms with E-state index in [9.17, 15) is 14.9 Å². The van der Waals surface area contributed by atoms with E-state index in [0.29, 0.717) is 23.6 Å². The Labute approximate surface area is 170 Å². The van der Waals surface area contributed by atoms with Crippen LogP contribution in [0.25, 0.3) is 6.08 Å². The van der Waals surface area contributed by atoms with E-state index in [4.69, 9.17) is 9.47 Å². The smallest absolute Gasteiger partial charge is 0.349 e. The van der Waals surface area contributed by atoms with E-state index in [1.54, 1.807) is 24.3 Å². The largest absolute Gasteiger partial charge is 0.494 e. The van der Waals surface area contributed by atoms with Crippen molar-refractivity contribution in [2.75, 3.05) is 18.5 Å². The Hall–Kier alpha value is -3.59. The number of amides is 1. The van der Waals surface area contributed by atoms with Crippen LogP contribution in [0.2, 0.25) is 0 Å². The van der Waals surface area contributed by atoms with Gasteiger partial charge in [-0.05, 0) is 62.6 Å². The summed E-state index contributed by atoms with van der Waals surface area (Å²) in [5.41, 5.74) is 4.11. The molecule has 6 heteroatoms. The molecule has 150 valence electrons. The number of rotatable bonds is 7. The molecule has 29 heavy (non-hydrogen) atoms. The number of carbonyl (C=O) groups is 2. The molecule has 1 amide bonds. The molecule has 2 aromatic rings. The number of carbonyl (C=O) groups excluding carboxylic acids is 2. The third-order valence-electron chi connectivity index (χ3n) is 4.12. The number of hydrogen-bond donors (Lipinski definition) is 1. The molecule has 0 atom stereocenters. The summed E-state index contributed by atoms with van der Waals surface area (Å²) in [6, 6.07) is 12.7. The highest BCUT2D eigenvalue weighted by Gasteiger charge is 2.14. The molecule has 0 unspecified atom stereocenters. The molecule has 0 aliphatic rings. The predicted octanol–water partition coefficient (Wildman–Crippen LogP) is 4.10. The number of nitrogens with zero attached hydrogens (tertiary/aromatic N) is 1. The highest BCUT2D eigenvalue weighted by atomic mass is 16.5. The third-order valence-corrected chi connectivity index (χ3v) is 4.12. The number of esters is 1. The van der Waals surface area contributed by atoms with Crippen molar-refractivity contribution < 1.29 is 19.1 Å². The van der Waals surface area contributed by atoms with Crippen molar-refractivity contribution in [3.05, 3.63) is 64.2 Å². The average molecular weight is 392 g/mol. The first kappa shape index (κ1) is 21.7. The van der Waals surface area contributed by atoms with Gasteiger partial charge in [0.1, 0.15) is 17.4 Å². The minimum absolute atomic E-state index is 0.190. The maximum absolute atomic E-state index is 12.2. The fraction of sp³-hybridized carbons (Fsp3) is 0.261. The SMILES string of the molecule is CCOc1ccc(/C=C(\C#N)C(=O)OCC(=O)Nc2c(C)cc(C)cc2C)cc1. The Morgan fingerprint density at radius 1 is 1.10 bits per heavy atom. The Kier molecular flexibility index (Phi) is 7.55. The van der Waals surface area contributed by atoms with E-state index in [1.807, 2.05) is 45.9 Å². The topological polar surface area (TPSA) is 88.4 Å². The number of nitrogens with one attached hydrogen (secondary N) is 1. The zero-order chi connectivity index (χ0) is 21.4. The third kappa shape index (κ3) is 6.22. The van der Waals surface area contributed by atoms with Gasteiger partial charge in [-0.15, -0.1) is 0 Å². The van der Waals surface area contributed by atoms with Crippen LogP contribution in [0, 0.1) is 32.1 Å². The van der Waals surface area contributed by atoms with Gasteiger partial charge in [0.05, 0.1) is 6.61 Å². The van der Waals surface area contributed by atoms with Gasteiger partial charge in [-0.1, -0.05) is 29.8 Å². The number of anilines is 1. The fourth-order valence-corrected chi connectivity index (χ4v) is 2.89. The second kappa shape index (κ2) is 10.1. The van der Waals surface area contributed by atoms with Gasteiger partial charge in [0, 0.05) is 5.69 Å². The Bertz CT molecular complexity index is 946. The number of benzene rings is 2. The summed E-state index contributed by atoms with van der Waals surface area (Å²) in [5.74, 6) is -0.621. The summed E-state index contributed by atoms with van der Waals surface area (Å²) in [6.07, 6.45) is 1.41. The lowest BCUT2D eigenvalue weighted by atomic mass is 10.1. The van der Waals surface area contributed by atoms with Crippen molar-refractivity contribution in [3.8, 4) is 11.8 Å². The molecule has 0 spiro atoms. The van der Waals surface area contributed by atoms with Crippen LogP contribution in [-0.4, -0.2) is 25.1 Å². The lowest BCUT2D eigenvalue weighted by molar-refractivity contribution is -0.142. The zero-order valence-corrected chi connectivity index (χ0v) is 17.0. The van der Waals surface area contributed by atoms with Crippen molar-refractivity contribution in [2.24, 2.45) is 0 Å². The van der Waals surface area contributed by atoms with Gasteiger partial charge in [-0.25, -0.2) is 4.79 Å². The van der Waals surface area contributed by atoms with Crippen LogP contribution < -0.4 is 10.1 Å². The van der Waals surface area contributed by atoms with Crippen molar-refractivity contribution >= 4 is 23.6 Å². The molecule has 0 heterocycles. The summed E-state index contributed by atoms with van der Waals surface area (Å²) in [4.78, 5) is 24.3. The van der Waals surface area contributed by atoms with Crippen LogP contribution in [-0.2, 0) is 14.3 Å². The molecular weight excluding hydrogens is 368 g/mol. The first-order valence-corrected chi connectivity index (χ1v) is 9.23. The summed E-state index contributed by atoms with van der Waals surface area (Å²) < 4.78 is 10.4. The van der Waals surface area contributed by atoms with E-state index in [0.717, 1.165) is 16.7 Å². The molecule has 0 aromatic heterocycles. The van der Waals surface area contributed by atoms with Crippen LogP contribution in [0.1, 0.15) is 29.2 Å². The lowest BCUT2D eigenvalue weighted by Crippen LogP contribution is -2.22. The van der Waals surface area contributed by atoms with E-state index in [2.05, 4.69) is 5.32 Å². The Balaban J connectivity index is 1.99. The molecule has 0 saturated carbocycles. The molecule has 0 aliphatic heterocycles. The van der Waals surface area contributed by atoms with Gasteiger partial charge >= 0.3 is 5.97 Å². The standard InChI is InChI=1S/C23H24N2O4/c1-5-28-20-8-6-18(7-9-20)12-19(13-24)23(27)29-14-21(26)25-22-16(3)10-15(2)11-17(22)4/h6-12H,5,14H2,1-4H3,(H,25,26)/b19-12+. The summed E-state index contributed by atoms with van der Waals surface area (Å²) in [5, 5.41) is 12.0. The van der Waals surface area contributed by atoms with Gasteiger partial charge in [0.25, 0.3) is 5.91 Å². The quantitative estimate of drug-likeness (QED) is 0.435. The molecule has 0 aliphatic carbocycles. The minimum Gasteiger partial charge on any atom is -0.494 e. The highest BCUT2D eigenvalue weighted by Crippen LogP contribution is 2.22. The van der Waals surface area contributed by atoms with Gasteiger partial charge in [0.2, 0.25) is 0 Å². The highest BCUT2D eigenvalue weighted by molar-refractivity contribution is 6.00. The Morgan fingerprint density at radius 2 is 1.72 bits per heavy atom. The molecular formula is C23H24N2O4. The van der Waals surface area contributed by atoms with Crippen LogP contribution in [0.15, 0.2) is 42.0 Å². The summed E-state index contributed by atoms with van der Waals surface area (Å²) in [6.45, 7) is 7.73. The normalized spacial score (nSPS) is 10.8.